The average Bonchev–Trinajstić information content (AvgIpc) is 2.90. The predicted molar refractivity (Wildman–Crippen MR) is 166 cm³/mol. The highest BCUT2D eigenvalue weighted by Crippen LogP contribution is 2.40. The van der Waals surface area contributed by atoms with Gasteiger partial charge in [0.1, 0.15) is 11.5 Å². The van der Waals surface area contributed by atoms with Crippen molar-refractivity contribution >= 4 is 14.2 Å². The van der Waals surface area contributed by atoms with Crippen LogP contribution in [0.2, 0.25) is 18.1 Å². The Morgan fingerprint density at radius 3 is 2.29 bits per heavy atom. The highest BCUT2D eigenvalue weighted by Gasteiger charge is 2.39. The van der Waals surface area contributed by atoms with Gasteiger partial charge >= 0.3 is 0 Å². The fourth-order valence-electron chi connectivity index (χ4n) is 4.39. The first-order chi connectivity index (χ1) is 19.3. The lowest BCUT2D eigenvalue weighted by Crippen LogP contribution is -2.44. The third kappa shape index (κ3) is 9.43. The molecule has 8 heteroatoms. The number of aliphatic hydroxyl groups is 1. The van der Waals surface area contributed by atoms with E-state index in [1.807, 2.05) is 30.3 Å². The first-order valence-corrected chi connectivity index (χ1v) is 17.1. The van der Waals surface area contributed by atoms with E-state index >= 15 is 0 Å². The second-order valence-corrected chi connectivity index (χ2v) is 17.1. The zero-order valence-corrected chi connectivity index (χ0v) is 26.2. The molecule has 0 heterocycles. The summed E-state index contributed by atoms with van der Waals surface area (Å²) in [6.45, 7) is 13.8. The summed E-state index contributed by atoms with van der Waals surface area (Å²) in [6, 6.07) is 20.5. The molecule has 3 aromatic carbocycles. The standard InChI is InChI=1S/C33H46N2O5Si/c1-23(16-24-10-9-11-25(17-24)18-32(39)35-20-27-12-7-8-13-29(27)37)34-21-31(40-41(5,6)33(2,3)4)26-14-15-30(38)28(19-26)22-36/h7-15,17,19,23,31,34,36-38H,16,18,20-22H2,1-6H3,(H,35,39). The molecule has 5 N–H and O–H groups in total. The molecule has 0 saturated heterocycles. The Hall–Kier alpha value is -3.17. The van der Waals surface area contributed by atoms with Crippen molar-refractivity contribution in [2.24, 2.45) is 0 Å². The van der Waals surface area contributed by atoms with Crippen LogP contribution in [0.5, 0.6) is 11.5 Å². The number of hydrogen-bond acceptors (Lipinski definition) is 6. The number of phenols is 2. The Labute approximate surface area is 245 Å². The van der Waals surface area contributed by atoms with Crippen LogP contribution in [0.15, 0.2) is 66.7 Å². The summed E-state index contributed by atoms with van der Waals surface area (Å²) in [5, 5.41) is 36.2. The molecule has 1 amide bonds. The number of aromatic hydroxyl groups is 2. The van der Waals surface area contributed by atoms with Crippen LogP contribution in [0.1, 0.15) is 61.6 Å². The number of carbonyl (C=O) groups excluding carboxylic acids is 1. The van der Waals surface area contributed by atoms with Gasteiger partial charge in [-0.3, -0.25) is 4.79 Å². The Morgan fingerprint density at radius 2 is 1.61 bits per heavy atom. The van der Waals surface area contributed by atoms with E-state index in [4.69, 9.17) is 4.43 Å². The smallest absolute Gasteiger partial charge is 0.224 e. The summed E-state index contributed by atoms with van der Waals surface area (Å²) in [5.74, 6) is 0.154. The molecule has 41 heavy (non-hydrogen) atoms. The van der Waals surface area contributed by atoms with Crippen molar-refractivity contribution in [3.05, 3.63) is 94.5 Å². The van der Waals surface area contributed by atoms with Crippen molar-refractivity contribution in [1.29, 1.82) is 0 Å². The number of rotatable bonds is 13. The molecular weight excluding hydrogens is 532 g/mol. The maximum Gasteiger partial charge on any atom is 0.224 e. The van der Waals surface area contributed by atoms with Crippen molar-refractivity contribution in [2.45, 2.75) is 84.0 Å². The summed E-state index contributed by atoms with van der Waals surface area (Å²) in [6.07, 6.45) is 0.806. The van der Waals surface area contributed by atoms with Crippen LogP contribution in [-0.2, 0) is 35.2 Å². The van der Waals surface area contributed by atoms with Crippen molar-refractivity contribution in [3.8, 4) is 11.5 Å². The highest BCUT2D eigenvalue weighted by atomic mass is 28.4. The maximum absolute atomic E-state index is 12.5. The summed E-state index contributed by atoms with van der Waals surface area (Å²) in [4.78, 5) is 12.5. The van der Waals surface area contributed by atoms with E-state index < -0.39 is 8.32 Å². The van der Waals surface area contributed by atoms with Gasteiger partial charge in [0.25, 0.3) is 0 Å². The van der Waals surface area contributed by atoms with Crippen LogP contribution in [0, 0.1) is 0 Å². The molecule has 3 aromatic rings. The van der Waals surface area contributed by atoms with Crippen molar-refractivity contribution in [1.82, 2.24) is 10.6 Å². The van der Waals surface area contributed by atoms with Crippen LogP contribution in [0.4, 0.5) is 0 Å². The average molecular weight is 579 g/mol. The lowest BCUT2D eigenvalue weighted by atomic mass is 10.0. The second kappa shape index (κ2) is 14.1. The zero-order chi connectivity index (χ0) is 30.2. The van der Waals surface area contributed by atoms with E-state index in [2.05, 4.69) is 63.6 Å². The first kappa shape index (κ1) is 32.3. The molecule has 3 rings (SSSR count). The van der Waals surface area contributed by atoms with Gasteiger partial charge in [-0.25, -0.2) is 0 Å². The molecular formula is C33H46N2O5Si. The lowest BCUT2D eigenvalue weighted by molar-refractivity contribution is -0.120. The molecule has 2 unspecified atom stereocenters. The monoisotopic (exact) mass is 578 g/mol. The SMILES string of the molecule is CC(Cc1cccc(CC(=O)NCc2ccccc2O)c1)NCC(O[Si](C)(C)C(C)(C)C)c1ccc(O)c(CO)c1. The van der Waals surface area contributed by atoms with Crippen molar-refractivity contribution < 1.29 is 24.5 Å². The minimum absolute atomic E-state index is 0.0296. The van der Waals surface area contributed by atoms with Crippen molar-refractivity contribution in [3.63, 3.8) is 0 Å². The van der Waals surface area contributed by atoms with E-state index in [0.29, 0.717) is 17.7 Å². The minimum atomic E-state index is -2.11. The van der Waals surface area contributed by atoms with Gasteiger partial charge in [0.2, 0.25) is 5.91 Å². The summed E-state index contributed by atoms with van der Waals surface area (Å²) in [5.41, 5.74) is 4.16. The molecule has 7 nitrogen and oxygen atoms in total. The van der Waals surface area contributed by atoms with Gasteiger partial charge in [0.15, 0.2) is 8.32 Å². The van der Waals surface area contributed by atoms with Gasteiger partial charge in [-0.1, -0.05) is 69.3 Å². The van der Waals surface area contributed by atoms with Gasteiger partial charge in [-0.05, 0) is 66.4 Å². The van der Waals surface area contributed by atoms with Crippen LogP contribution in [0.3, 0.4) is 0 Å². The molecule has 0 radical (unpaired) electrons. The number of aliphatic hydroxyl groups excluding tert-OH is 1. The van der Waals surface area contributed by atoms with Crippen LogP contribution < -0.4 is 10.6 Å². The summed E-state index contributed by atoms with van der Waals surface area (Å²) < 4.78 is 6.81. The molecule has 2 atom stereocenters. The van der Waals surface area contributed by atoms with E-state index in [1.54, 1.807) is 24.3 Å². The number of carbonyl (C=O) groups is 1. The van der Waals surface area contributed by atoms with Crippen LogP contribution in [-0.4, -0.2) is 42.1 Å². The first-order valence-electron chi connectivity index (χ1n) is 14.2. The van der Waals surface area contributed by atoms with Gasteiger partial charge in [-0.15, -0.1) is 0 Å². The molecule has 0 saturated carbocycles. The largest absolute Gasteiger partial charge is 0.508 e. The number of amides is 1. The zero-order valence-electron chi connectivity index (χ0n) is 25.2. The third-order valence-corrected chi connectivity index (χ3v) is 12.4. The van der Waals surface area contributed by atoms with Crippen LogP contribution >= 0.6 is 0 Å². The lowest BCUT2D eigenvalue weighted by Gasteiger charge is -2.40. The number of hydrogen-bond donors (Lipinski definition) is 5. The third-order valence-electron chi connectivity index (χ3n) is 7.91. The fraction of sp³-hybridized carbons (Fsp3) is 0.424. The molecule has 0 fully saturated rings. The van der Waals surface area contributed by atoms with Crippen molar-refractivity contribution in [2.75, 3.05) is 6.54 Å². The van der Waals surface area contributed by atoms with E-state index in [1.165, 1.54) is 0 Å². The quantitative estimate of drug-likeness (QED) is 0.166. The van der Waals surface area contributed by atoms with Gasteiger partial charge < -0.3 is 30.4 Å². The molecule has 0 aromatic heterocycles. The molecule has 0 aliphatic rings. The second-order valence-electron chi connectivity index (χ2n) is 12.3. The normalized spacial score (nSPS) is 13.5. The number of phenolic OH excluding ortho intramolecular Hbond substituents is 1. The van der Waals surface area contributed by atoms with Gasteiger partial charge in [0.05, 0.1) is 19.1 Å². The molecule has 222 valence electrons. The summed E-state index contributed by atoms with van der Waals surface area (Å²) >= 11 is 0. The fourth-order valence-corrected chi connectivity index (χ4v) is 5.68. The Balaban J connectivity index is 1.63. The van der Waals surface area contributed by atoms with Gasteiger partial charge in [0, 0.05) is 30.3 Å². The van der Waals surface area contributed by atoms with Crippen LogP contribution in [0.25, 0.3) is 0 Å². The number of para-hydroxylation sites is 1. The molecule has 0 bridgehead atoms. The van der Waals surface area contributed by atoms with E-state index in [0.717, 1.165) is 23.1 Å². The number of benzene rings is 3. The Morgan fingerprint density at radius 1 is 0.927 bits per heavy atom. The van der Waals surface area contributed by atoms with E-state index in [-0.39, 0.29) is 54.2 Å². The minimum Gasteiger partial charge on any atom is -0.508 e. The topological polar surface area (TPSA) is 111 Å². The predicted octanol–water partition coefficient (Wildman–Crippen LogP) is 5.73. The Bertz CT molecular complexity index is 1300. The summed E-state index contributed by atoms with van der Waals surface area (Å²) in [7, 11) is -2.11. The number of nitrogens with one attached hydrogen (secondary N) is 2. The van der Waals surface area contributed by atoms with E-state index in [9.17, 15) is 20.1 Å². The maximum atomic E-state index is 12.5. The highest BCUT2D eigenvalue weighted by molar-refractivity contribution is 6.74. The molecule has 0 spiro atoms. The molecule has 0 aliphatic heterocycles. The van der Waals surface area contributed by atoms with Gasteiger partial charge in [-0.2, -0.15) is 0 Å². The molecule has 0 aliphatic carbocycles. The Kier molecular flexibility index (Phi) is 11.2.